The molecule has 5 nitrogen and oxygen atoms in total. The highest BCUT2D eigenvalue weighted by atomic mass is 16.4. The summed E-state index contributed by atoms with van der Waals surface area (Å²) in [5.74, 6) is -1.53. The lowest BCUT2D eigenvalue weighted by Crippen LogP contribution is -2.54. The second kappa shape index (κ2) is 6.33. The summed E-state index contributed by atoms with van der Waals surface area (Å²) in [6, 6.07) is 8.99. The van der Waals surface area contributed by atoms with Crippen molar-refractivity contribution in [2.75, 3.05) is 0 Å². The minimum atomic E-state index is -1.30. The summed E-state index contributed by atoms with van der Waals surface area (Å²) >= 11 is 0. The Hall–Kier alpha value is -1.88. The van der Waals surface area contributed by atoms with Gasteiger partial charge in [-0.05, 0) is 32.3 Å². The quantitative estimate of drug-likeness (QED) is 0.712. The van der Waals surface area contributed by atoms with E-state index in [1.54, 1.807) is 0 Å². The van der Waals surface area contributed by atoms with Gasteiger partial charge < -0.3 is 16.2 Å². The first-order valence-electron chi connectivity index (χ1n) is 6.18. The Morgan fingerprint density at radius 1 is 1.32 bits per heavy atom. The van der Waals surface area contributed by atoms with Gasteiger partial charge >= 0.3 is 5.97 Å². The zero-order chi connectivity index (χ0) is 14.5. The Morgan fingerprint density at radius 3 is 2.42 bits per heavy atom. The third-order valence-electron chi connectivity index (χ3n) is 2.89. The Labute approximate surface area is 112 Å². The molecular formula is C14H20N2O3. The zero-order valence-electron chi connectivity index (χ0n) is 11.2. The lowest BCUT2D eigenvalue weighted by Gasteiger charge is -2.23. The van der Waals surface area contributed by atoms with Gasteiger partial charge in [0.2, 0.25) is 5.91 Å². The van der Waals surface area contributed by atoms with Crippen LogP contribution in [0.4, 0.5) is 0 Å². The van der Waals surface area contributed by atoms with Crippen LogP contribution in [0.1, 0.15) is 25.8 Å². The number of nitrogens with two attached hydrogens (primary N) is 1. The maximum Gasteiger partial charge on any atom is 0.328 e. The topological polar surface area (TPSA) is 92.4 Å². The molecule has 1 aromatic rings. The van der Waals surface area contributed by atoms with Gasteiger partial charge in [-0.3, -0.25) is 4.79 Å². The van der Waals surface area contributed by atoms with Crippen LogP contribution in [-0.2, 0) is 16.0 Å². The van der Waals surface area contributed by atoms with E-state index in [1.165, 1.54) is 13.8 Å². The number of rotatable bonds is 6. The van der Waals surface area contributed by atoms with Crippen LogP contribution in [0.15, 0.2) is 30.3 Å². The second-order valence-corrected chi connectivity index (χ2v) is 5.05. The fourth-order valence-corrected chi connectivity index (χ4v) is 1.55. The number of aliphatic carboxylic acids is 1. The summed E-state index contributed by atoms with van der Waals surface area (Å²) in [6.45, 7) is 2.86. The molecule has 0 spiro atoms. The van der Waals surface area contributed by atoms with Crippen molar-refractivity contribution in [1.29, 1.82) is 0 Å². The number of carboxylic acid groups (broad SMARTS) is 1. The Balaban J connectivity index is 2.48. The van der Waals surface area contributed by atoms with Crippen LogP contribution in [0.2, 0.25) is 0 Å². The van der Waals surface area contributed by atoms with Crippen LogP contribution >= 0.6 is 0 Å². The molecule has 0 saturated carbocycles. The summed E-state index contributed by atoms with van der Waals surface area (Å²) in [7, 11) is 0. The molecule has 4 N–H and O–H groups in total. The molecule has 0 radical (unpaired) electrons. The van der Waals surface area contributed by atoms with E-state index in [4.69, 9.17) is 10.8 Å². The normalized spacial score (nSPS) is 12.8. The maximum absolute atomic E-state index is 11.8. The Morgan fingerprint density at radius 2 is 1.89 bits per heavy atom. The molecule has 19 heavy (non-hydrogen) atoms. The third-order valence-corrected chi connectivity index (χ3v) is 2.89. The minimum Gasteiger partial charge on any atom is -0.480 e. The molecule has 1 unspecified atom stereocenters. The molecule has 1 aromatic carbocycles. The summed E-state index contributed by atoms with van der Waals surface area (Å²) in [5.41, 5.74) is 5.56. The van der Waals surface area contributed by atoms with Crippen LogP contribution in [-0.4, -0.2) is 28.6 Å². The fraction of sp³-hybridized carbons (Fsp3) is 0.429. The monoisotopic (exact) mass is 264 g/mol. The van der Waals surface area contributed by atoms with E-state index >= 15 is 0 Å². The summed E-state index contributed by atoms with van der Waals surface area (Å²) in [4.78, 5) is 22.7. The molecule has 0 bridgehead atoms. The van der Waals surface area contributed by atoms with Crippen LogP contribution in [0.3, 0.4) is 0 Å². The average molecular weight is 264 g/mol. The SMILES string of the molecule is CC(C)(NC(=O)C(N)CCc1ccccc1)C(=O)O. The molecule has 0 aliphatic carbocycles. The first-order chi connectivity index (χ1) is 8.83. The standard InChI is InChI=1S/C14H20N2O3/c1-14(2,13(18)19)16-12(17)11(15)9-8-10-6-4-3-5-7-10/h3-7,11H,8-9,15H2,1-2H3,(H,16,17)(H,18,19). The fourth-order valence-electron chi connectivity index (χ4n) is 1.55. The molecule has 1 atom stereocenters. The molecule has 0 saturated heterocycles. The number of amides is 1. The molecule has 5 heteroatoms. The van der Waals surface area contributed by atoms with Gasteiger partial charge in [-0.25, -0.2) is 4.79 Å². The van der Waals surface area contributed by atoms with Gasteiger partial charge in [-0.2, -0.15) is 0 Å². The molecule has 0 fully saturated rings. The highest BCUT2D eigenvalue weighted by molar-refractivity contribution is 5.88. The summed E-state index contributed by atoms with van der Waals surface area (Å²) in [6.07, 6.45) is 1.16. The van der Waals surface area contributed by atoms with Crippen molar-refractivity contribution in [3.05, 3.63) is 35.9 Å². The van der Waals surface area contributed by atoms with Crippen molar-refractivity contribution < 1.29 is 14.7 Å². The smallest absolute Gasteiger partial charge is 0.328 e. The van der Waals surface area contributed by atoms with Crippen LogP contribution < -0.4 is 11.1 Å². The number of nitrogens with one attached hydrogen (secondary N) is 1. The summed E-state index contributed by atoms with van der Waals surface area (Å²) in [5, 5.41) is 11.4. The molecule has 0 aliphatic rings. The van der Waals surface area contributed by atoms with E-state index in [9.17, 15) is 9.59 Å². The van der Waals surface area contributed by atoms with Crippen molar-refractivity contribution in [2.45, 2.75) is 38.3 Å². The predicted octanol–water partition coefficient (Wildman–Crippen LogP) is 0.926. The summed E-state index contributed by atoms with van der Waals surface area (Å²) < 4.78 is 0. The van der Waals surface area contributed by atoms with Gasteiger partial charge in [-0.15, -0.1) is 0 Å². The van der Waals surface area contributed by atoms with Gasteiger partial charge in [0, 0.05) is 0 Å². The lowest BCUT2D eigenvalue weighted by molar-refractivity contribution is -0.146. The van der Waals surface area contributed by atoms with Crippen molar-refractivity contribution in [3.63, 3.8) is 0 Å². The largest absolute Gasteiger partial charge is 0.480 e. The van der Waals surface area contributed by atoms with Crippen molar-refractivity contribution in [3.8, 4) is 0 Å². The molecule has 0 heterocycles. The van der Waals surface area contributed by atoms with Gasteiger partial charge in [0.25, 0.3) is 0 Å². The van der Waals surface area contributed by atoms with Crippen LogP contribution in [0, 0.1) is 0 Å². The number of carboxylic acids is 1. The van der Waals surface area contributed by atoms with Crippen molar-refractivity contribution >= 4 is 11.9 Å². The van der Waals surface area contributed by atoms with Crippen molar-refractivity contribution in [2.24, 2.45) is 5.73 Å². The molecule has 0 aliphatic heterocycles. The maximum atomic E-state index is 11.8. The third kappa shape index (κ3) is 4.71. The number of hydrogen-bond donors (Lipinski definition) is 3. The average Bonchev–Trinajstić information content (AvgIpc) is 2.36. The van der Waals surface area contributed by atoms with E-state index in [1.807, 2.05) is 30.3 Å². The van der Waals surface area contributed by atoms with Gasteiger partial charge in [-0.1, -0.05) is 30.3 Å². The Kier molecular flexibility index (Phi) is 5.06. The molecule has 1 amide bonds. The van der Waals surface area contributed by atoms with E-state index in [2.05, 4.69) is 5.32 Å². The van der Waals surface area contributed by atoms with E-state index in [0.717, 1.165) is 5.56 Å². The van der Waals surface area contributed by atoms with E-state index in [-0.39, 0.29) is 0 Å². The highest BCUT2D eigenvalue weighted by Gasteiger charge is 2.30. The van der Waals surface area contributed by atoms with E-state index in [0.29, 0.717) is 12.8 Å². The molecule has 0 aromatic heterocycles. The number of aryl methyl sites for hydroxylation is 1. The lowest BCUT2D eigenvalue weighted by atomic mass is 10.0. The second-order valence-electron chi connectivity index (χ2n) is 5.05. The van der Waals surface area contributed by atoms with Gasteiger partial charge in [0.1, 0.15) is 5.54 Å². The first-order valence-corrected chi connectivity index (χ1v) is 6.18. The van der Waals surface area contributed by atoms with Crippen LogP contribution in [0.25, 0.3) is 0 Å². The number of hydrogen-bond acceptors (Lipinski definition) is 3. The minimum absolute atomic E-state index is 0.441. The number of carbonyl (C=O) groups excluding carboxylic acids is 1. The Bertz CT molecular complexity index is 443. The van der Waals surface area contributed by atoms with Crippen molar-refractivity contribution in [1.82, 2.24) is 5.32 Å². The predicted molar refractivity (Wildman–Crippen MR) is 72.6 cm³/mol. The van der Waals surface area contributed by atoms with Gasteiger partial charge in [0.05, 0.1) is 6.04 Å². The zero-order valence-corrected chi connectivity index (χ0v) is 11.2. The first kappa shape index (κ1) is 15.2. The number of carbonyl (C=O) groups is 2. The number of benzene rings is 1. The van der Waals surface area contributed by atoms with E-state index < -0.39 is 23.5 Å². The molecule has 1 rings (SSSR count). The molecular weight excluding hydrogens is 244 g/mol. The van der Waals surface area contributed by atoms with Gasteiger partial charge in [0.15, 0.2) is 0 Å². The molecule has 104 valence electrons. The van der Waals surface area contributed by atoms with Crippen LogP contribution in [0.5, 0.6) is 0 Å². The highest BCUT2D eigenvalue weighted by Crippen LogP contribution is 2.06.